The molecule has 1 amide bonds. The van der Waals surface area contributed by atoms with Crippen molar-refractivity contribution >= 4 is 28.5 Å². The Morgan fingerprint density at radius 1 is 1.05 bits per heavy atom. The molecule has 0 spiro atoms. The second-order valence-electron chi connectivity index (χ2n) is 5.10. The van der Waals surface area contributed by atoms with Crippen molar-refractivity contribution in [1.82, 2.24) is 4.90 Å². The molecule has 1 rings (SSSR count). The fourth-order valence-corrected chi connectivity index (χ4v) is 3.35. The van der Waals surface area contributed by atoms with E-state index in [2.05, 4.69) is 0 Å². The van der Waals surface area contributed by atoms with Gasteiger partial charge in [0.15, 0.2) is 0 Å². The third-order valence-electron chi connectivity index (χ3n) is 3.66. The van der Waals surface area contributed by atoms with Crippen molar-refractivity contribution in [2.24, 2.45) is 11.8 Å². The second kappa shape index (κ2) is 6.07. The maximum absolute atomic E-state index is 13.7. The number of carbonyl (C=O) groups excluding carboxylic acids is 1. The molecule has 2 atom stereocenters. The Balaban J connectivity index is 3.02. The summed E-state index contributed by atoms with van der Waals surface area (Å²) in [5.74, 6) is -2.22. The zero-order valence-electron chi connectivity index (χ0n) is 10.9. The van der Waals surface area contributed by atoms with Crippen LogP contribution >= 0.6 is 22.6 Å². The summed E-state index contributed by atoms with van der Waals surface area (Å²) in [5, 5.41) is 0. The van der Waals surface area contributed by atoms with Crippen molar-refractivity contribution in [2.45, 2.75) is 31.4 Å². The summed E-state index contributed by atoms with van der Waals surface area (Å²) >= 11 is 1.81. The van der Waals surface area contributed by atoms with E-state index in [0.29, 0.717) is 0 Å². The molecule has 1 aliphatic rings. The first-order chi connectivity index (χ1) is 9.33. The molecule has 1 fully saturated rings. The molecule has 0 aliphatic carbocycles. The quantitative estimate of drug-likeness (QED) is 0.376. The number of nitrogens with zero attached hydrogens (tertiary/aromatic N) is 1. The second-order valence-corrected chi connectivity index (χ2v) is 5.98. The molecule has 1 aliphatic heterocycles. The van der Waals surface area contributed by atoms with Gasteiger partial charge in [-0.15, -0.1) is 0 Å². The summed E-state index contributed by atoms with van der Waals surface area (Å²) in [6.45, 7) is 0.929. The number of hydrogen-bond acceptors (Lipinski definition) is 1. The Labute approximate surface area is 130 Å². The summed E-state index contributed by atoms with van der Waals surface area (Å²) < 4.78 is 89.4. The van der Waals surface area contributed by atoms with E-state index in [1.54, 1.807) is 0 Å². The normalized spacial score (nSPS) is 24.5. The largest absolute Gasteiger partial charge is 0.431 e. The monoisotopic (exact) mass is 435 g/mol. The van der Waals surface area contributed by atoms with Crippen molar-refractivity contribution in [3.63, 3.8) is 0 Å². The van der Waals surface area contributed by atoms with Crippen LogP contribution in [0, 0.1) is 11.8 Å². The lowest BCUT2D eigenvalue weighted by Crippen LogP contribution is -2.54. The van der Waals surface area contributed by atoms with Crippen LogP contribution in [-0.2, 0) is 4.79 Å². The summed E-state index contributed by atoms with van der Waals surface area (Å²) in [6.07, 6.45) is -13.8. The van der Waals surface area contributed by atoms with Gasteiger partial charge < -0.3 is 4.90 Å². The molecule has 21 heavy (non-hydrogen) atoms. The van der Waals surface area contributed by atoms with Crippen LogP contribution in [0.15, 0.2) is 0 Å². The van der Waals surface area contributed by atoms with Gasteiger partial charge in [0.1, 0.15) is 0 Å². The SMILES string of the molecule is CC(=O)N1C[C@H](CI)[C@H](CC(F)(C(F)(F)F)C(F)(F)F)C1. The lowest BCUT2D eigenvalue weighted by Gasteiger charge is -2.33. The van der Waals surface area contributed by atoms with Crippen LogP contribution in [0.1, 0.15) is 13.3 Å². The van der Waals surface area contributed by atoms with Gasteiger partial charge in [-0.05, 0) is 11.8 Å². The first kappa shape index (κ1) is 18.8. The summed E-state index contributed by atoms with van der Waals surface area (Å²) in [4.78, 5) is 12.4. The predicted molar refractivity (Wildman–Crippen MR) is 68.7 cm³/mol. The van der Waals surface area contributed by atoms with Crippen molar-refractivity contribution in [1.29, 1.82) is 0 Å². The standard InChI is InChI=1S/C11H13F7INO/c1-6(21)20-4-7(8(3-19)5-20)2-9(12,10(13,14)15)11(16,17)18/h7-8H,2-5H2,1H3/t7-,8+/m1/s1. The van der Waals surface area contributed by atoms with Crippen molar-refractivity contribution < 1.29 is 35.5 Å². The molecule has 0 saturated carbocycles. The fraction of sp³-hybridized carbons (Fsp3) is 0.909. The Hall–Kier alpha value is -0.290. The van der Waals surface area contributed by atoms with Crippen LogP contribution in [0.4, 0.5) is 30.7 Å². The van der Waals surface area contributed by atoms with Gasteiger partial charge in [-0.3, -0.25) is 4.79 Å². The lowest BCUT2D eigenvalue weighted by molar-refractivity contribution is -0.346. The minimum Gasteiger partial charge on any atom is -0.342 e. The number of hydrogen-bond donors (Lipinski definition) is 0. The minimum absolute atomic E-state index is 0.0503. The van der Waals surface area contributed by atoms with E-state index in [9.17, 15) is 35.5 Å². The van der Waals surface area contributed by atoms with E-state index in [4.69, 9.17) is 0 Å². The highest BCUT2D eigenvalue weighted by molar-refractivity contribution is 14.1. The highest BCUT2D eigenvalue weighted by atomic mass is 127. The third kappa shape index (κ3) is 3.73. The first-order valence-corrected chi connectivity index (χ1v) is 7.50. The molecule has 1 heterocycles. The number of likely N-dealkylation sites (tertiary alicyclic amines) is 1. The molecule has 124 valence electrons. The molecule has 0 N–H and O–H groups in total. The number of amides is 1. The minimum atomic E-state index is -6.04. The van der Waals surface area contributed by atoms with Gasteiger partial charge in [0.25, 0.3) is 5.67 Å². The summed E-state index contributed by atoms with van der Waals surface area (Å²) in [5.41, 5.74) is -5.25. The lowest BCUT2D eigenvalue weighted by atomic mass is 9.85. The molecule has 0 radical (unpaired) electrons. The van der Waals surface area contributed by atoms with Gasteiger partial charge in [0, 0.05) is 30.9 Å². The van der Waals surface area contributed by atoms with E-state index in [-0.39, 0.29) is 17.5 Å². The summed E-state index contributed by atoms with van der Waals surface area (Å²) in [7, 11) is 0. The summed E-state index contributed by atoms with van der Waals surface area (Å²) in [6, 6.07) is 0. The molecule has 0 aromatic rings. The number of halogens is 8. The maximum atomic E-state index is 13.7. The van der Waals surface area contributed by atoms with Crippen LogP contribution < -0.4 is 0 Å². The predicted octanol–water partition coefficient (Wildman–Crippen LogP) is 3.74. The number of alkyl halides is 8. The Bertz CT molecular complexity index is 381. The van der Waals surface area contributed by atoms with E-state index >= 15 is 0 Å². The van der Waals surface area contributed by atoms with Gasteiger partial charge in [-0.2, -0.15) is 26.3 Å². The van der Waals surface area contributed by atoms with Crippen LogP contribution in [0.25, 0.3) is 0 Å². The van der Waals surface area contributed by atoms with Gasteiger partial charge in [-0.1, -0.05) is 22.6 Å². The van der Waals surface area contributed by atoms with Crippen LogP contribution in [0.5, 0.6) is 0 Å². The fourth-order valence-electron chi connectivity index (χ4n) is 2.36. The van der Waals surface area contributed by atoms with Crippen LogP contribution in [-0.4, -0.2) is 46.3 Å². The first-order valence-electron chi connectivity index (χ1n) is 5.97. The van der Waals surface area contributed by atoms with Crippen LogP contribution in [0.2, 0.25) is 0 Å². The zero-order valence-corrected chi connectivity index (χ0v) is 13.0. The van der Waals surface area contributed by atoms with Crippen molar-refractivity contribution in [3.05, 3.63) is 0 Å². The van der Waals surface area contributed by atoms with E-state index < -0.39 is 42.2 Å². The maximum Gasteiger partial charge on any atom is 0.431 e. The average molecular weight is 435 g/mol. The smallest absolute Gasteiger partial charge is 0.342 e. The molecule has 1 saturated heterocycles. The van der Waals surface area contributed by atoms with Gasteiger partial charge >= 0.3 is 12.4 Å². The Morgan fingerprint density at radius 2 is 1.48 bits per heavy atom. The molecular weight excluding hydrogens is 422 g/mol. The van der Waals surface area contributed by atoms with Gasteiger partial charge in [-0.25, -0.2) is 4.39 Å². The third-order valence-corrected chi connectivity index (χ3v) is 4.79. The van der Waals surface area contributed by atoms with Gasteiger partial charge in [0.2, 0.25) is 5.91 Å². The number of rotatable bonds is 3. The molecule has 0 unspecified atom stereocenters. The molecule has 0 bridgehead atoms. The molecule has 0 aromatic carbocycles. The molecular formula is C11H13F7INO. The molecule has 2 nitrogen and oxygen atoms in total. The molecule has 10 heteroatoms. The zero-order chi connectivity index (χ0) is 16.6. The van der Waals surface area contributed by atoms with Crippen molar-refractivity contribution in [3.8, 4) is 0 Å². The number of carbonyl (C=O) groups is 1. The Morgan fingerprint density at radius 3 is 1.81 bits per heavy atom. The van der Waals surface area contributed by atoms with Crippen molar-refractivity contribution in [2.75, 3.05) is 17.5 Å². The average Bonchev–Trinajstić information content (AvgIpc) is 2.69. The van der Waals surface area contributed by atoms with E-state index in [1.807, 2.05) is 22.6 Å². The molecule has 0 aromatic heterocycles. The van der Waals surface area contributed by atoms with E-state index in [1.165, 1.54) is 6.92 Å². The van der Waals surface area contributed by atoms with Crippen LogP contribution in [0.3, 0.4) is 0 Å². The highest BCUT2D eigenvalue weighted by Crippen LogP contribution is 2.51. The highest BCUT2D eigenvalue weighted by Gasteiger charge is 2.73. The van der Waals surface area contributed by atoms with E-state index in [0.717, 1.165) is 4.90 Å². The Kier molecular flexibility index (Phi) is 5.42. The topological polar surface area (TPSA) is 20.3 Å². The van der Waals surface area contributed by atoms with Gasteiger partial charge in [0.05, 0.1) is 0 Å².